The second kappa shape index (κ2) is 4.50. The molecule has 0 aromatic heterocycles. The molecule has 2 aliphatic carbocycles. The van der Waals surface area contributed by atoms with E-state index in [1.807, 2.05) is 0 Å². The second-order valence-electron chi connectivity index (χ2n) is 5.81. The Labute approximate surface area is 114 Å². The number of hydrogen-bond acceptors (Lipinski definition) is 1. The molecule has 0 heterocycles. The van der Waals surface area contributed by atoms with Gasteiger partial charge < -0.3 is 5.32 Å². The molecule has 4 rings (SSSR count). The molecule has 0 spiro atoms. The summed E-state index contributed by atoms with van der Waals surface area (Å²) < 4.78 is 0. The molecule has 1 saturated carbocycles. The normalized spacial score (nSPS) is 17.9. The van der Waals surface area contributed by atoms with Crippen molar-refractivity contribution in [3.05, 3.63) is 59.7 Å². The molecule has 19 heavy (non-hydrogen) atoms. The number of nitrogens with one attached hydrogen (secondary N) is 1. The van der Waals surface area contributed by atoms with E-state index < -0.39 is 0 Å². The van der Waals surface area contributed by atoms with Crippen LogP contribution in [0.25, 0.3) is 11.1 Å². The van der Waals surface area contributed by atoms with E-state index in [1.54, 1.807) is 0 Å². The molecule has 0 radical (unpaired) electrons. The lowest BCUT2D eigenvalue weighted by Crippen LogP contribution is -2.30. The minimum Gasteiger partial charge on any atom is -0.306 e. The molecule has 1 N–H and O–H groups in total. The summed E-state index contributed by atoms with van der Waals surface area (Å²) in [4.78, 5) is 0. The van der Waals surface area contributed by atoms with Crippen molar-refractivity contribution in [3.8, 4) is 11.1 Å². The van der Waals surface area contributed by atoms with Crippen molar-refractivity contribution in [1.82, 2.24) is 5.32 Å². The van der Waals surface area contributed by atoms with Crippen molar-refractivity contribution in [2.75, 3.05) is 6.54 Å². The van der Waals surface area contributed by atoms with Crippen molar-refractivity contribution in [2.24, 2.45) is 5.92 Å². The first-order chi connectivity index (χ1) is 9.43. The zero-order chi connectivity index (χ0) is 12.7. The average molecular weight is 249 g/mol. The minimum absolute atomic E-state index is 0.396. The Kier molecular flexibility index (Phi) is 2.66. The Morgan fingerprint density at radius 1 is 0.842 bits per heavy atom. The van der Waals surface area contributed by atoms with Crippen LogP contribution in [0.1, 0.15) is 36.4 Å². The zero-order valence-electron chi connectivity index (χ0n) is 11.1. The van der Waals surface area contributed by atoms with Gasteiger partial charge in [0.05, 0.1) is 6.04 Å². The SMILES string of the molecule is c1ccc2c(c1)-c1ccccc1C2NCC1CCC1. The summed E-state index contributed by atoms with van der Waals surface area (Å²) in [5.74, 6) is 0.903. The van der Waals surface area contributed by atoms with Crippen LogP contribution >= 0.6 is 0 Å². The number of hydrogen-bond donors (Lipinski definition) is 1. The molecule has 0 aliphatic heterocycles. The Bertz CT molecular complexity index is 553. The van der Waals surface area contributed by atoms with Crippen LogP contribution in [-0.2, 0) is 0 Å². The zero-order valence-corrected chi connectivity index (χ0v) is 11.1. The van der Waals surface area contributed by atoms with Crippen LogP contribution < -0.4 is 5.32 Å². The van der Waals surface area contributed by atoms with Gasteiger partial charge in [-0.05, 0) is 47.6 Å². The molecule has 2 aromatic rings. The topological polar surface area (TPSA) is 12.0 Å². The fraction of sp³-hybridized carbons (Fsp3) is 0.333. The van der Waals surface area contributed by atoms with Crippen LogP contribution in [0, 0.1) is 5.92 Å². The van der Waals surface area contributed by atoms with Crippen molar-refractivity contribution in [1.29, 1.82) is 0 Å². The van der Waals surface area contributed by atoms with E-state index in [9.17, 15) is 0 Å². The van der Waals surface area contributed by atoms with Crippen LogP contribution in [0.2, 0.25) is 0 Å². The van der Waals surface area contributed by atoms with Gasteiger partial charge in [0.2, 0.25) is 0 Å². The van der Waals surface area contributed by atoms with Gasteiger partial charge in [-0.1, -0.05) is 55.0 Å². The molecular formula is C18H19N. The molecule has 0 atom stereocenters. The van der Waals surface area contributed by atoms with E-state index in [2.05, 4.69) is 53.8 Å². The fourth-order valence-electron chi connectivity index (χ4n) is 3.36. The lowest BCUT2D eigenvalue weighted by atomic mass is 9.85. The van der Waals surface area contributed by atoms with Crippen LogP contribution in [0.4, 0.5) is 0 Å². The van der Waals surface area contributed by atoms with Crippen LogP contribution in [-0.4, -0.2) is 6.54 Å². The third-order valence-corrected chi connectivity index (χ3v) is 4.67. The highest BCUT2D eigenvalue weighted by Crippen LogP contribution is 2.43. The maximum Gasteiger partial charge on any atom is 0.0589 e. The fourth-order valence-corrected chi connectivity index (χ4v) is 3.36. The van der Waals surface area contributed by atoms with Gasteiger partial charge in [0.25, 0.3) is 0 Å². The molecular weight excluding hydrogens is 230 g/mol. The summed E-state index contributed by atoms with van der Waals surface area (Å²) in [5, 5.41) is 3.80. The molecule has 0 unspecified atom stereocenters. The third kappa shape index (κ3) is 1.81. The van der Waals surface area contributed by atoms with Crippen molar-refractivity contribution in [2.45, 2.75) is 25.3 Å². The summed E-state index contributed by atoms with van der Waals surface area (Å²) >= 11 is 0. The van der Waals surface area contributed by atoms with Gasteiger partial charge in [-0.2, -0.15) is 0 Å². The van der Waals surface area contributed by atoms with Crippen molar-refractivity contribution in [3.63, 3.8) is 0 Å². The van der Waals surface area contributed by atoms with Gasteiger partial charge in [0, 0.05) is 0 Å². The highest BCUT2D eigenvalue weighted by atomic mass is 14.9. The Morgan fingerprint density at radius 3 is 1.95 bits per heavy atom. The van der Waals surface area contributed by atoms with E-state index in [0.717, 1.165) is 12.5 Å². The first-order valence-corrected chi connectivity index (χ1v) is 7.35. The Hall–Kier alpha value is -1.60. The second-order valence-corrected chi connectivity index (χ2v) is 5.81. The molecule has 1 heteroatoms. The molecule has 0 saturated heterocycles. The number of fused-ring (bicyclic) bond motifs is 3. The van der Waals surface area contributed by atoms with Crippen LogP contribution in [0.3, 0.4) is 0 Å². The first-order valence-electron chi connectivity index (χ1n) is 7.35. The number of benzene rings is 2. The molecule has 96 valence electrons. The molecule has 0 bridgehead atoms. The van der Waals surface area contributed by atoms with Gasteiger partial charge in [0.1, 0.15) is 0 Å². The summed E-state index contributed by atoms with van der Waals surface area (Å²) in [7, 11) is 0. The van der Waals surface area contributed by atoms with Crippen molar-refractivity contribution < 1.29 is 0 Å². The first kappa shape index (κ1) is 11.2. The molecule has 0 amide bonds. The third-order valence-electron chi connectivity index (χ3n) is 4.67. The Morgan fingerprint density at radius 2 is 1.42 bits per heavy atom. The van der Waals surface area contributed by atoms with Crippen LogP contribution in [0.15, 0.2) is 48.5 Å². The Balaban J connectivity index is 1.69. The molecule has 1 nitrogen and oxygen atoms in total. The predicted molar refractivity (Wildman–Crippen MR) is 79.1 cm³/mol. The van der Waals surface area contributed by atoms with E-state index in [0.29, 0.717) is 6.04 Å². The van der Waals surface area contributed by atoms with Gasteiger partial charge in [-0.15, -0.1) is 0 Å². The van der Waals surface area contributed by atoms with E-state index in [1.165, 1.54) is 41.5 Å². The quantitative estimate of drug-likeness (QED) is 0.861. The maximum atomic E-state index is 3.80. The monoisotopic (exact) mass is 249 g/mol. The summed E-state index contributed by atoms with van der Waals surface area (Å²) in [5.41, 5.74) is 5.71. The summed E-state index contributed by atoms with van der Waals surface area (Å²) in [6.45, 7) is 1.16. The lowest BCUT2D eigenvalue weighted by molar-refractivity contribution is 0.296. The standard InChI is InChI=1S/C18H19N/c1-3-10-16-14(8-1)15-9-2-4-11-17(15)18(16)19-12-13-6-5-7-13/h1-4,8-11,13,18-19H,5-7,12H2. The van der Waals surface area contributed by atoms with E-state index in [4.69, 9.17) is 0 Å². The van der Waals surface area contributed by atoms with E-state index >= 15 is 0 Å². The summed E-state index contributed by atoms with van der Waals surface area (Å²) in [6.07, 6.45) is 4.23. The van der Waals surface area contributed by atoms with E-state index in [-0.39, 0.29) is 0 Å². The lowest BCUT2D eigenvalue weighted by Gasteiger charge is -2.27. The highest BCUT2D eigenvalue weighted by molar-refractivity contribution is 5.78. The minimum atomic E-state index is 0.396. The van der Waals surface area contributed by atoms with Gasteiger partial charge in [-0.3, -0.25) is 0 Å². The highest BCUT2D eigenvalue weighted by Gasteiger charge is 2.28. The largest absolute Gasteiger partial charge is 0.306 e. The maximum absolute atomic E-state index is 3.80. The average Bonchev–Trinajstić information content (AvgIpc) is 2.72. The molecule has 1 fully saturated rings. The van der Waals surface area contributed by atoms with Crippen molar-refractivity contribution >= 4 is 0 Å². The predicted octanol–water partition coefficient (Wildman–Crippen LogP) is 4.15. The smallest absolute Gasteiger partial charge is 0.0589 e. The number of rotatable bonds is 3. The molecule has 2 aliphatic rings. The van der Waals surface area contributed by atoms with Crippen LogP contribution in [0.5, 0.6) is 0 Å². The summed E-state index contributed by atoms with van der Waals surface area (Å²) in [6, 6.07) is 18.0. The van der Waals surface area contributed by atoms with Gasteiger partial charge in [0.15, 0.2) is 0 Å². The van der Waals surface area contributed by atoms with Gasteiger partial charge >= 0.3 is 0 Å². The van der Waals surface area contributed by atoms with Gasteiger partial charge in [-0.25, -0.2) is 0 Å². The molecule has 2 aromatic carbocycles.